The molecule has 32 heavy (non-hydrogen) atoms. The number of ketones is 1. The van der Waals surface area contributed by atoms with Gasteiger partial charge in [0.15, 0.2) is 11.6 Å². The van der Waals surface area contributed by atoms with Crippen LogP contribution in [0.1, 0.15) is 75.2 Å². The second-order valence-corrected chi connectivity index (χ2v) is 10.3. The fourth-order valence-electron chi connectivity index (χ4n) is 5.48. The maximum absolute atomic E-state index is 13.6. The molecule has 5 rings (SSSR count). The zero-order valence-electron chi connectivity index (χ0n) is 18.6. The Morgan fingerprint density at radius 2 is 1.94 bits per heavy atom. The lowest BCUT2D eigenvalue weighted by Gasteiger charge is -2.44. The molecule has 1 aromatic heterocycles. The number of hydrogen-bond acceptors (Lipinski definition) is 5. The zero-order valence-corrected chi connectivity index (χ0v) is 18.6. The largest absolute Gasteiger partial charge is 0.372 e. The minimum Gasteiger partial charge on any atom is -0.372 e. The lowest BCUT2D eigenvalue weighted by Crippen LogP contribution is -2.55. The van der Waals surface area contributed by atoms with Crippen LogP contribution in [0, 0.1) is 11.8 Å². The van der Waals surface area contributed by atoms with E-state index >= 15 is 0 Å². The van der Waals surface area contributed by atoms with Crippen LogP contribution in [0.15, 0.2) is 11.2 Å². The van der Waals surface area contributed by atoms with Gasteiger partial charge in [-0.2, -0.15) is 5.10 Å². The first-order valence-corrected chi connectivity index (χ1v) is 11.6. The van der Waals surface area contributed by atoms with Crippen LogP contribution >= 0.6 is 0 Å². The molecule has 0 radical (unpaired) electrons. The molecule has 2 atom stereocenters. The first-order valence-electron chi connectivity index (χ1n) is 11.6. The number of hydrogen-bond donors (Lipinski definition) is 0. The Morgan fingerprint density at radius 3 is 2.59 bits per heavy atom. The molecule has 0 aromatic carbocycles. The van der Waals surface area contributed by atoms with Crippen molar-refractivity contribution in [3.8, 4) is 0 Å². The van der Waals surface area contributed by atoms with Gasteiger partial charge < -0.3 is 9.64 Å². The molecule has 2 aliphatic carbocycles. The molecule has 3 fully saturated rings. The summed E-state index contributed by atoms with van der Waals surface area (Å²) in [6.45, 7) is 5.64. The van der Waals surface area contributed by atoms with Crippen LogP contribution in [0.5, 0.6) is 0 Å². The average Bonchev–Trinajstić information content (AvgIpc) is 3.11. The summed E-state index contributed by atoms with van der Waals surface area (Å²) in [5.41, 5.74) is 0.842. The number of morpholine rings is 1. The number of carbonyl (C=O) groups excluding carboxylic acids is 2. The van der Waals surface area contributed by atoms with Crippen molar-refractivity contribution < 1.29 is 23.1 Å². The van der Waals surface area contributed by atoms with Crippen molar-refractivity contribution in [2.24, 2.45) is 16.8 Å². The third kappa shape index (κ3) is 3.89. The Hall–Kier alpha value is -2.16. The molecule has 0 spiro atoms. The van der Waals surface area contributed by atoms with Gasteiger partial charge in [0.05, 0.1) is 36.4 Å². The second-order valence-electron chi connectivity index (χ2n) is 10.3. The molecule has 0 bridgehead atoms. The Labute approximate surface area is 186 Å². The number of amides is 1. The number of rotatable bonds is 3. The number of carbonyl (C=O) groups is 2. The van der Waals surface area contributed by atoms with Crippen LogP contribution < -0.4 is 0 Å². The minimum absolute atomic E-state index is 0.0513. The van der Waals surface area contributed by atoms with Gasteiger partial charge in [-0.25, -0.2) is 18.5 Å². The van der Waals surface area contributed by atoms with E-state index < -0.39 is 5.92 Å². The third-order valence-corrected chi connectivity index (χ3v) is 7.45. The van der Waals surface area contributed by atoms with E-state index in [0.29, 0.717) is 43.9 Å². The molecule has 4 aliphatic rings. The SMILES string of the molecule is CC1(C)CN(C(=O)[C@H]2CC[C@@H]2C2=Nc3c(cnn3C3CCC(F)(F)CC3)C(=O)C2)CCO1. The van der Waals surface area contributed by atoms with Gasteiger partial charge in [-0.15, -0.1) is 0 Å². The van der Waals surface area contributed by atoms with E-state index in [1.807, 2.05) is 18.7 Å². The first kappa shape index (κ1) is 21.7. The summed E-state index contributed by atoms with van der Waals surface area (Å²) >= 11 is 0. The van der Waals surface area contributed by atoms with Gasteiger partial charge in [0.1, 0.15) is 0 Å². The van der Waals surface area contributed by atoms with Crippen LogP contribution in [0.2, 0.25) is 0 Å². The number of aromatic nitrogens is 2. The van der Waals surface area contributed by atoms with E-state index in [2.05, 4.69) is 5.10 Å². The monoisotopic (exact) mass is 448 g/mol. The molecule has 1 aromatic rings. The number of nitrogens with zero attached hydrogens (tertiary/aromatic N) is 4. The van der Waals surface area contributed by atoms with Crippen molar-refractivity contribution in [1.82, 2.24) is 14.7 Å². The highest BCUT2D eigenvalue weighted by molar-refractivity contribution is 6.16. The summed E-state index contributed by atoms with van der Waals surface area (Å²) in [7, 11) is 0. The summed E-state index contributed by atoms with van der Waals surface area (Å²) in [4.78, 5) is 32.7. The normalized spacial score (nSPS) is 29.8. The molecule has 2 saturated carbocycles. The van der Waals surface area contributed by atoms with E-state index in [9.17, 15) is 18.4 Å². The standard InChI is InChI=1S/C23H30F2N4O3/c1-22(2)13-28(9-10-32-22)21(31)16-4-3-15(16)18-11-19(30)17-12-26-29(20(17)27-18)14-5-7-23(24,25)8-6-14/h12,14-16H,3-11,13H2,1-2H3/t15-,16-/m0/s1. The molecule has 7 nitrogen and oxygen atoms in total. The van der Waals surface area contributed by atoms with Crippen LogP contribution in [-0.2, 0) is 9.53 Å². The highest BCUT2D eigenvalue weighted by atomic mass is 19.3. The Morgan fingerprint density at radius 1 is 1.19 bits per heavy atom. The molecular formula is C23H30F2N4O3. The van der Waals surface area contributed by atoms with Crippen molar-refractivity contribution in [2.45, 2.75) is 76.4 Å². The third-order valence-electron chi connectivity index (χ3n) is 7.45. The summed E-state index contributed by atoms with van der Waals surface area (Å²) in [5, 5.41) is 4.36. The minimum atomic E-state index is -2.62. The lowest BCUT2D eigenvalue weighted by molar-refractivity contribution is -0.153. The van der Waals surface area contributed by atoms with Gasteiger partial charge in [0, 0.05) is 43.5 Å². The predicted molar refractivity (Wildman–Crippen MR) is 114 cm³/mol. The highest BCUT2D eigenvalue weighted by Gasteiger charge is 2.45. The molecule has 2 aliphatic heterocycles. The number of fused-ring (bicyclic) bond motifs is 1. The summed E-state index contributed by atoms with van der Waals surface area (Å²) in [6, 6.07) is -0.177. The number of ether oxygens (including phenoxy) is 1. The lowest BCUT2D eigenvalue weighted by atomic mass is 9.68. The molecule has 1 saturated heterocycles. The van der Waals surface area contributed by atoms with Gasteiger partial charge >= 0.3 is 0 Å². The zero-order chi connectivity index (χ0) is 22.7. The molecule has 9 heteroatoms. The van der Waals surface area contributed by atoms with Crippen LogP contribution in [0.25, 0.3) is 0 Å². The Bertz CT molecular complexity index is 960. The molecular weight excluding hydrogens is 418 g/mol. The smallest absolute Gasteiger partial charge is 0.248 e. The molecule has 1 amide bonds. The van der Waals surface area contributed by atoms with Gasteiger partial charge in [-0.3, -0.25) is 9.59 Å². The van der Waals surface area contributed by atoms with Crippen LogP contribution in [-0.4, -0.2) is 63.3 Å². The predicted octanol–water partition coefficient (Wildman–Crippen LogP) is 3.96. The van der Waals surface area contributed by atoms with Crippen molar-refractivity contribution in [2.75, 3.05) is 19.7 Å². The van der Waals surface area contributed by atoms with Crippen molar-refractivity contribution in [3.63, 3.8) is 0 Å². The Balaban J connectivity index is 1.35. The number of Topliss-reactive ketones (excluding diaryl/α,β-unsaturated/α-hetero) is 1. The van der Waals surface area contributed by atoms with Crippen LogP contribution in [0.3, 0.4) is 0 Å². The number of aliphatic imine (C=N–C) groups is 1. The molecule has 174 valence electrons. The average molecular weight is 449 g/mol. The fraction of sp³-hybridized carbons (Fsp3) is 0.739. The molecule has 0 unspecified atom stereocenters. The second kappa shape index (κ2) is 7.71. The van der Waals surface area contributed by atoms with Crippen molar-refractivity contribution in [1.29, 1.82) is 0 Å². The quantitative estimate of drug-likeness (QED) is 0.702. The highest BCUT2D eigenvalue weighted by Crippen LogP contribution is 2.44. The Kier molecular flexibility index (Phi) is 5.22. The van der Waals surface area contributed by atoms with Gasteiger partial charge in [-0.05, 0) is 39.5 Å². The maximum atomic E-state index is 13.6. The van der Waals surface area contributed by atoms with E-state index in [1.54, 1.807) is 4.68 Å². The summed E-state index contributed by atoms with van der Waals surface area (Å²) < 4.78 is 34.6. The fourth-order valence-corrected chi connectivity index (χ4v) is 5.48. The van der Waals surface area contributed by atoms with Crippen LogP contribution in [0.4, 0.5) is 14.6 Å². The topological polar surface area (TPSA) is 76.8 Å². The van der Waals surface area contributed by atoms with Crippen molar-refractivity contribution >= 4 is 23.2 Å². The van der Waals surface area contributed by atoms with Gasteiger partial charge in [-0.1, -0.05) is 0 Å². The van der Waals surface area contributed by atoms with E-state index in [0.717, 1.165) is 18.6 Å². The van der Waals surface area contributed by atoms with E-state index in [-0.39, 0.29) is 54.4 Å². The summed E-state index contributed by atoms with van der Waals surface area (Å²) in [6.07, 6.45) is 3.62. The van der Waals surface area contributed by atoms with Gasteiger partial charge in [0.25, 0.3) is 0 Å². The van der Waals surface area contributed by atoms with E-state index in [1.165, 1.54) is 6.20 Å². The maximum Gasteiger partial charge on any atom is 0.248 e. The van der Waals surface area contributed by atoms with Gasteiger partial charge in [0.2, 0.25) is 11.8 Å². The first-order chi connectivity index (χ1) is 15.1. The number of halogens is 2. The number of alkyl halides is 2. The van der Waals surface area contributed by atoms with E-state index in [4.69, 9.17) is 9.73 Å². The van der Waals surface area contributed by atoms with Crippen molar-refractivity contribution in [3.05, 3.63) is 11.8 Å². The summed E-state index contributed by atoms with van der Waals surface area (Å²) in [5.74, 6) is -2.30. The molecule has 0 N–H and O–H groups in total. The molecule has 3 heterocycles.